The fourth-order valence-electron chi connectivity index (χ4n) is 0.339. The number of hydrogen-bond donors (Lipinski definition) is 0. The number of alkyl halides is 3. The molecule has 0 aromatic heterocycles. The van der Waals surface area contributed by atoms with Crippen LogP contribution in [-0.4, -0.2) is 6.18 Å². The maximum absolute atomic E-state index is 11.4. The zero-order chi connectivity index (χ0) is 7.49. The largest absolute Gasteiger partial charge is 0.414 e. The molecule has 4 heteroatoms. The molecule has 0 spiro atoms. The molecule has 0 aromatic rings. The van der Waals surface area contributed by atoms with Gasteiger partial charge in [0.25, 0.3) is 0 Å². The van der Waals surface area contributed by atoms with E-state index < -0.39 is 18.1 Å². The second-order valence-corrected chi connectivity index (χ2v) is 1.49. The van der Waals surface area contributed by atoms with E-state index in [-0.39, 0.29) is 6.42 Å². The lowest BCUT2D eigenvalue weighted by atomic mass is 10.2. The summed E-state index contributed by atoms with van der Waals surface area (Å²) in [5.41, 5.74) is -1.12. The molecule has 0 unspecified atom stereocenters. The van der Waals surface area contributed by atoms with E-state index >= 15 is 0 Å². The molecule has 0 saturated heterocycles. The van der Waals surface area contributed by atoms with E-state index in [9.17, 15) is 17.6 Å². The van der Waals surface area contributed by atoms with Gasteiger partial charge in [-0.15, -0.1) is 0 Å². The molecule has 0 bridgehead atoms. The summed E-state index contributed by atoms with van der Waals surface area (Å²) in [6, 6.07) is 0. The molecule has 9 heavy (non-hydrogen) atoms. The van der Waals surface area contributed by atoms with Crippen molar-refractivity contribution in [3.63, 3.8) is 0 Å². The summed E-state index contributed by atoms with van der Waals surface area (Å²) in [7, 11) is 0. The van der Waals surface area contributed by atoms with E-state index in [4.69, 9.17) is 0 Å². The van der Waals surface area contributed by atoms with Crippen LogP contribution in [0.15, 0.2) is 11.9 Å². The lowest BCUT2D eigenvalue weighted by molar-refractivity contribution is -0.0944. The van der Waals surface area contributed by atoms with Crippen LogP contribution in [-0.2, 0) is 0 Å². The molecule has 0 amide bonds. The van der Waals surface area contributed by atoms with Gasteiger partial charge in [0.1, 0.15) is 0 Å². The average molecular weight is 142 g/mol. The second-order valence-electron chi connectivity index (χ2n) is 1.49. The summed E-state index contributed by atoms with van der Waals surface area (Å²) in [5, 5.41) is 0. The highest BCUT2D eigenvalue weighted by Gasteiger charge is 2.32. The first kappa shape index (κ1) is 8.46. The van der Waals surface area contributed by atoms with E-state index in [1.807, 2.05) is 0 Å². The summed E-state index contributed by atoms with van der Waals surface area (Å²) in [6.45, 7) is 1.25. The van der Waals surface area contributed by atoms with Crippen molar-refractivity contribution in [1.82, 2.24) is 0 Å². The Balaban J connectivity index is 4.14. The van der Waals surface area contributed by atoms with Gasteiger partial charge in [-0.3, -0.25) is 0 Å². The SMILES string of the molecule is CCC(=CF)C(F)(F)F. The third-order valence-electron chi connectivity index (χ3n) is 0.877. The van der Waals surface area contributed by atoms with E-state index in [1.54, 1.807) is 0 Å². The van der Waals surface area contributed by atoms with Crippen molar-refractivity contribution in [3.05, 3.63) is 11.9 Å². The number of hydrogen-bond acceptors (Lipinski definition) is 0. The van der Waals surface area contributed by atoms with Crippen LogP contribution < -0.4 is 0 Å². The maximum Gasteiger partial charge on any atom is 0.414 e. The summed E-state index contributed by atoms with van der Waals surface area (Å²) >= 11 is 0. The van der Waals surface area contributed by atoms with Crippen LogP contribution in [0.2, 0.25) is 0 Å². The van der Waals surface area contributed by atoms with Gasteiger partial charge < -0.3 is 0 Å². The minimum Gasteiger partial charge on any atom is -0.215 e. The lowest BCUT2D eigenvalue weighted by Crippen LogP contribution is -2.10. The van der Waals surface area contributed by atoms with Crippen molar-refractivity contribution in [2.75, 3.05) is 0 Å². The molecule has 0 aliphatic heterocycles. The highest BCUT2D eigenvalue weighted by atomic mass is 19.4. The molecule has 0 heterocycles. The van der Waals surface area contributed by atoms with E-state index in [2.05, 4.69) is 0 Å². The average Bonchev–Trinajstić information content (AvgIpc) is 1.65. The monoisotopic (exact) mass is 142 g/mol. The van der Waals surface area contributed by atoms with Crippen LogP contribution in [0.1, 0.15) is 13.3 Å². The zero-order valence-electron chi connectivity index (χ0n) is 4.80. The minimum atomic E-state index is -4.50. The first-order valence-electron chi connectivity index (χ1n) is 2.38. The molecule has 0 rings (SSSR count). The van der Waals surface area contributed by atoms with Crippen molar-refractivity contribution in [2.45, 2.75) is 19.5 Å². The quantitative estimate of drug-likeness (QED) is 0.494. The third kappa shape index (κ3) is 2.49. The molecule has 0 radical (unpaired) electrons. The van der Waals surface area contributed by atoms with Crippen molar-refractivity contribution in [3.8, 4) is 0 Å². The van der Waals surface area contributed by atoms with Crippen LogP contribution in [0.5, 0.6) is 0 Å². The molecule has 0 N–H and O–H groups in total. The van der Waals surface area contributed by atoms with Gasteiger partial charge in [-0.05, 0) is 6.42 Å². The molecule has 0 aliphatic rings. The highest BCUT2D eigenvalue weighted by molar-refractivity contribution is 5.03. The summed E-state index contributed by atoms with van der Waals surface area (Å²) in [4.78, 5) is 0. The minimum absolute atomic E-state index is 0.319. The van der Waals surface area contributed by atoms with Crippen LogP contribution in [0.4, 0.5) is 17.6 Å². The predicted molar refractivity (Wildman–Crippen MR) is 25.5 cm³/mol. The van der Waals surface area contributed by atoms with Gasteiger partial charge in [0.15, 0.2) is 0 Å². The zero-order valence-corrected chi connectivity index (χ0v) is 4.80. The predicted octanol–water partition coefficient (Wildman–Crippen LogP) is 2.81. The Morgan fingerprint density at radius 2 is 1.89 bits per heavy atom. The molecular weight excluding hydrogens is 136 g/mol. The van der Waals surface area contributed by atoms with Gasteiger partial charge in [-0.1, -0.05) is 6.92 Å². The molecule has 0 fully saturated rings. The Hall–Kier alpha value is -0.540. The Morgan fingerprint density at radius 3 is 1.89 bits per heavy atom. The number of allylic oxidation sites excluding steroid dienone is 1. The molecule has 0 aromatic carbocycles. The topological polar surface area (TPSA) is 0 Å². The van der Waals surface area contributed by atoms with Gasteiger partial charge in [-0.25, -0.2) is 4.39 Å². The Bertz CT molecular complexity index is 111. The standard InChI is InChI=1S/C5H6F4/c1-2-4(3-6)5(7,8)9/h3H,2H2,1H3. The first-order chi connectivity index (χ1) is 4.02. The Labute approximate surface area is 50.2 Å². The highest BCUT2D eigenvalue weighted by Crippen LogP contribution is 2.27. The van der Waals surface area contributed by atoms with Crippen LogP contribution >= 0.6 is 0 Å². The normalized spacial score (nSPS) is 14.1. The molecule has 0 saturated carbocycles. The fraction of sp³-hybridized carbons (Fsp3) is 0.600. The van der Waals surface area contributed by atoms with Crippen LogP contribution in [0.25, 0.3) is 0 Å². The van der Waals surface area contributed by atoms with Gasteiger partial charge in [-0.2, -0.15) is 13.2 Å². The summed E-state index contributed by atoms with van der Waals surface area (Å²) in [5.74, 6) is 0. The molecular formula is C5H6F4. The molecule has 0 atom stereocenters. The van der Waals surface area contributed by atoms with Crippen LogP contribution in [0.3, 0.4) is 0 Å². The van der Waals surface area contributed by atoms with Gasteiger partial charge in [0, 0.05) is 0 Å². The lowest BCUT2D eigenvalue weighted by Gasteiger charge is -2.05. The fourth-order valence-corrected chi connectivity index (χ4v) is 0.339. The van der Waals surface area contributed by atoms with E-state index in [1.165, 1.54) is 6.92 Å². The second kappa shape index (κ2) is 2.85. The van der Waals surface area contributed by atoms with Crippen molar-refractivity contribution < 1.29 is 17.6 Å². The number of rotatable bonds is 1. The molecule has 0 aliphatic carbocycles. The first-order valence-corrected chi connectivity index (χ1v) is 2.38. The van der Waals surface area contributed by atoms with E-state index in [0.29, 0.717) is 0 Å². The summed E-state index contributed by atoms with van der Waals surface area (Å²) in [6.07, 6.45) is -5.22. The van der Waals surface area contributed by atoms with E-state index in [0.717, 1.165) is 0 Å². The van der Waals surface area contributed by atoms with Gasteiger partial charge >= 0.3 is 6.18 Å². The smallest absolute Gasteiger partial charge is 0.215 e. The van der Waals surface area contributed by atoms with Crippen molar-refractivity contribution >= 4 is 0 Å². The van der Waals surface area contributed by atoms with Crippen LogP contribution in [0, 0.1) is 0 Å². The van der Waals surface area contributed by atoms with Crippen molar-refractivity contribution in [2.24, 2.45) is 0 Å². The Morgan fingerprint density at radius 1 is 1.44 bits per heavy atom. The van der Waals surface area contributed by atoms with Gasteiger partial charge in [0.2, 0.25) is 0 Å². The number of halogens is 4. The summed E-state index contributed by atoms with van der Waals surface area (Å²) < 4.78 is 45.5. The van der Waals surface area contributed by atoms with Gasteiger partial charge in [0.05, 0.1) is 11.9 Å². The molecule has 0 nitrogen and oxygen atoms in total. The maximum atomic E-state index is 11.4. The Kier molecular flexibility index (Phi) is 2.67. The van der Waals surface area contributed by atoms with Crippen molar-refractivity contribution in [1.29, 1.82) is 0 Å². The molecule has 54 valence electrons. The third-order valence-corrected chi connectivity index (χ3v) is 0.877.